The molecule has 2 rings (SSSR count). The lowest BCUT2D eigenvalue weighted by Gasteiger charge is -2.13. The Labute approximate surface area is 130 Å². The van der Waals surface area contributed by atoms with E-state index in [9.17, 15) is 9.18 Å². The fourth-order valence-corrected chi connectivity index (χ4v) is 2.43. The summed E-state index contributed by atoms with van der Waals surface area (Å²) in [6, 6.07) is 9.79. The average Bonchev–Trinajstić information content (AvgIpc) is 2.48. The highest BCUT2D eigenvalue weighted by molar-refractivity contribution is 9.10. The molecule has 2 aromatic rings. The molecule has 0 atom stereocenters. The number of benzene rings is 2. The van der Waals surface area contributed by atoms with Crippen LogP contribution >= 0.6 is 15.9 Å². The van der Waals surface area contributed by atoms with Crippen molar-refractivity contribution in [2.45, 2.75) is 13.3 Å². The molecule has 0 radical (unpaired) electrons. The molecule has 0 aliphatic rings. The van der Waals surface area contributed by atoms with Crippen LogP contribution in [0.5, 0.6) is 0 Å². The molecule has 1 amide bonds. The van der Waals surface area contributed by atoms with E-state index in [1.165, 1.54) is 18.2 Å². The predicted octanol–water partition coefficient (Wildman–Crippen LogP) is 3.69. The van der Waals surface area contributed by atoms with Gasteiger partial charge in [-0.25, -0.2) is 4.39 Å². The fourth-order valence-electron chi connectivity index (χ4n) is 2.03. The molecule has 0 spiro atoms. The van der Waals surface area contributed by atoms with Crippen LogP contribution in [0.25, 0.3) is 0 Å². The van der Waals surface area contributed by atoms with Crippen molar-refractivity contribution in [1.82, 2.24) is 0 Å². The van der Waals surface area contributed by atoms with Crippen molar-refractivity contribution in [1.29, 1.82) is 0 Å². The first kappa shape index (κ1) is 15.5. The number of nitrogens with one attached hydrogen (secondary N) is 2. The van der Waals surface area contributed by atoms with Crippen LogP contribution in [0.4, 0.5) is 15.8 Å². The van der Waals surface area contributed by atoms with E-state index >= 15 is 0 Å². The number of aryl methyl sites for hydroxylation is 1. The Balaban J connectivity index is 2.33. The van der Waals surface area contributed by atoms with E-state index in [0.29, 0.717) is 5.69 Å². The number of rotatable bonds is 4. The molecule has 4 N–H and O–H groups in total. The second kappa shape index (κ2) is 6.69. The van der Waals surface area contributed by atoms with Gasteiger partial charge in [-0.15, -0.1) is 0 Å². The lowest BCUT2D eigenvalue weighted by Crippen LogP contribution is -2.19. The SMILES string of the molecule is CCc1cc(Br)ccc1NC(=O)c1cccc(F)c1NN. The number of anilines is 2. The van der Waals surface area contributed by atoms with Crippen LogP contribution in [0, 0.1) is 5.82 Å². The van der Waals surface area contributed by atoms with E-state index in [0.717, 1.165) is 16.5 Å². The lowest BCUT2D eigenvalue weighted by atomic mass is 10.1. The van der Waals surface area contributed by atoms with Crippen LogP contribution in [0.3, 0.4) is 0 Å². The molecule has 2 aromatic carbocycles. The van der Waals surface area contributed by atoms with E-state index in [-0.39, 0.29) is 11.3 Å². The number of carbonyl (C=O) groups is 1. The molecule has 0 bridgehead atoms. The molecule has 4 nitrogen and oxygen atoms in total. The Bertz CT molecular complexity index is 676. The minimum absolute atomic E-state index is 0.0230. The zero-order valence-corrected chi connectivity index (χ0v) is 13.0. The number of nitrogens with two attached hydrogens (primary N) is 1. The van der Waals surface area contributed by atoms with E-state index in [4.69, 9.17) is 5.84 Å². The minimum atomic E-state index is -0.573. The molecule has 0 unspecified atom stereocenters. The third-order valence-corrected chi connectivity index (χ3v) is 3.59. The number of hydrazine groups is 1. The lowest BCUT2D eigenvalue weighted by molar-refractivity contribution is 0.102. The van der Waals surface area contributed by atoms with Crippen molar-refractivity contribution in [2.24, 2.45) is 5.84 Å². The van der Waals surface area contributed by atoms with Crippen molar-refractivity contribution in [3.63, 3.8) is 0 Å². The van der Waals surface area contributed by atoms with Crippen LogP contribution in [0.1, 0.15) is 22.8 Å². The number of hydrogen-bond acceptors (Lipinski definition) is 3. The normalized spacial score (nSPS) is 10.3. The Morgan fingerprint density at radius 1 is 1.33 bits per heavy atom. The molecule has 0 aromatic heterocycles. The summed E-state index contributed by atoms with van der Waals surface area (Å²) >= 11 is 3.39. The Morgan fingerprint density at radius 2 is 2.10 bits per heavy atom. The highest BCUT2D eigenvalue weighted by atomic mass is 79.9. The summed E-state index contributed by atoms with van der Waals surface area (Å²) < 4.78 is 14.6. The topological polar surface area (TPSA) is 67.2 Å². The van der Waals surface area contributed by atoms with Crippen LogP contribution in [0.2, 0.25) is 0 Å². The van der Waals surface area contributed by atoms with Crippen molar-refractivity contribution < 1.29 is 9.18 Å². The van der Waals surface area contributed by atoms with Crippen LogP contribution in [-0.4, -0.2) is 5.91 Å². The van der Waals surface area contributed by atoms with Gasteiger partial charge in [-0.3, -0.25) is 10.6 Å². The quantitative estimate of drug-likeness (QED) is 0.581. The Kier molecular flexibility index (Phi) is 4.93. The van der Waals surface area contributed by atoms with Gasteiger partial charge in [-0.05, 0) is 42.3 Å². The summed E-state index contributed by atoms with van der Waals surface area (Å²) in [6.07, 6.45) is 0.764. The first-order valence-electron chi connectivity index (χ1n) is 6.41. The van der Waals surface area contributed by atoms with Crippen LogP contribution < -0.4 is 16.6 Å². The molecule has 0 saturated heterocycles. The molecular formula is C15H15BrFN3O. The number of carbonyl (C=O) groups excluding carboxylic acids is 1. The van der Waals surface area contributed by atoms with E-state index in [1.54, 1.807) is 6.07 Å². The fraction of sp³-hybridized carbons (Fsp3) is 0.133. The summed E-state index contributed by atoms with van der Waals surface area (Å²) in [5.41, 5.74) is 4.03. The highest BCUT2D eigenvalue weighted by Gasteiger charge is 2.15. The maximum atomic E-state index is 13.6. The smallest absolute Gasteiger partial charge is 0.257 e. The van der Waals surface area contributed by atoms with Crippen LogP contribution in [-0.2, 0) is 6.42 Å². The van der Waals surface area contributed by atoms with Gasteiger partial charge in [0.15, 0.2) is 0 Å². The molecule has 0 aliphatic carbocycles. The number of hydrogen-bond donors (Lipinski definition) is 3. The maximum Gasteiger partial charge on any atom is 0.257 e. The summed E-state index contributed by atoms with van der Waals surface area (Å²) in [5, 5.41) is 2.78. The van der Waals surface area contributed by atoms with Gasteiger partial charge in [-0.1, -0.05) is 28.9 Å². The zero-order valence-electron chi connectivity index (χ0n) is 11.4. The zero-order chi connectivity index (χ0) is 15.4. The second-order valence-electron chi connectivity index (χ2n) is 4.42. The molecule has 110 valence electrons. The van der Waals surface area contributed by atoms with Gasteiger partial charge in [0.1, 0.15) is 5.82 Å². The van der Waals surface area contributed by atoms with Gasteiger partial charge in [0.2, 0.25) is 0 Å². The largest absolute Gasteiger partial charge is 0.322 e. The Morgan fingerprint density at radius 3 is 2.76 bits per heavy atom. The molecular weight excluding hydrogens is 337 g/mol. The summed E-state index contributed by atoms with van der Waals surface area (Å²) in [6.45, 7) is 1.99. The monoisotopic (exact) mass is 351 g/mol. The summed E-state index contributed by atoms with van der Waals surface area (Å²) in [7, 11) is 0. The maximum absolute atomic E-state index is 13.6. The van der Waals surface area contributed by atoms with Gasteiger partial charge in [0.25, 0.3) is 5.91 Å². The van der Waals surface area contributed by atoms with Crippen molar-refractivity contribution in [3.8, 4) is 0 Å². The molecule has 0 fully saturated rings. The molecule has 21 heavy (non-hydrogen) atoms. The standard InChI is InChI=1S/C15H15BrFN3O/c1-2-9-8-10(16)6-7-13(9)19-15(21)11-4-3-5-12(17)14(11)20-18/h3-8,20H,2,18H2,1H3,(H,19,21). The highest BCUT2D eigenvalue weighted by Crippen LogP contribution is 2.24. The third-order valence-electron chi connectivity index (χ3n) is 3.10. The summed E-state index contributed by atoms with van der Waals surface area (Å²) in [4.78, 5) is 12.3. The van der Waals surface area contributed by atoms with E-state index < -0.39 is 11.7 Å². The number of amides is 1. The van der Waals surface area contributed by atoms with Crippen LogP contribution in [0.15, 0.2) is 40.9 Å². The van der Waals surface area contributed by atoms with E-state index in [2.05, 4.69) is 26.7 Å². The third kappa shape index (κ3) is 3.40. The Hall–Kier alpha value is -1.92. The van der Waals surface area contributed by atoms with Crippen molar-refractivity contribution in [2.75, 3.05) is 10.7 Å². The molecule has 6 heteroatoms. The van der Waals surface area contributed by atoms with E-state index in [1.807, 2.05) is 19.1 Å². The van der Waals surface area contributed by atoms with Crippen molar-refractivity contribution >= 4 is 33.2 Å². The van der Waals surface area contributed by atoms with Gasteiger partial charge in [-0.2, -0.15) is 0 Å². The first-order valence-corrected chi connectivity index (χ1v) is 7.21. The van der Waals surface area contributed by atoms with Gasteiger partial charge in [0.05, 0.1) is 11.3 Å². The second-order valence-corrected chi connectivity index (χ2v) is 5.33. The predicted molar refractivity (Wildman–Crippen MR) is 85.7 cm³/mol. The van der Waals surface area contributed by atoms with Gasteiger partial charge < -0.3 is 10.7 Å². The minimum Gasteiger partial charge on any atom is -0.322 e. The van der Waals surface area contributed by atoms with Crippen molar-refractivity contribution in [3.05, 3.63) is 57.8 Å². The number of para-hydroxylation sites is 1. The van der Waals surface area contributed by atoms with Gasteiger partial charge >= 0.3 is 0 Å². The first-order chi connectivity index (χ1) is 10.1. The molecule has 0 aliphatic heterocycles. The molecule has 0 saturated carbocycles. The summed E-state index contributed by atoms with van der Waals surface area (Å²) in [5.74, 6) is 4.29. The number of halogens is 2. The molecule has 0 heterocycles. The average molecular weight is 352 g/mol. The van der Waals surface area contributed by atoms with Gasteiger partial charge in [0, 0.05) is 10.2 Å². The number of nitrogen functional groups attached to an aromatic ring is 1.